The molecule has 7 nitrogen and oxygen atoms in total. The van der Waals surface area contributed by atoms with E-state index in [1.54, 1.807) is 24.3 Å². The number of carbonyl (C=O) groups excluding carboxylic acids is 1. The van der Waals surface area contributed by atoms with Crippen LogP contribution in [-0.4, -0.2) is 39.8 Å². The third-order valence-corrected chi connectivity index (χ3v) is 3.70. The Morgan fingerprint density at radius 2 is 2.00 bits per heavy atom. The van der Waals surface area contributed by atoms with E-state index in [-0.39, 0.29) is 31.4 Å². The van der Waals surface area contributed by atoms with Crippen molar-refractivity contribution in [1.29, 1.82) is 0 Å². The predicted octanol–water partition coefficient (Wildman–Crippen LogP) is -0.297. The van der Waals surface area contributed by atoms with Crippen molar-refractivity contribution in [1.82, 2.24) is 10.0 Å². The summed E-state index contributed by atoms with van der Waals surface area (Å²) in [5.74, 6) is 0.0783. The zero-order valence-electron chi connectivity index (χ0n) is 11.3. The van der Waals surface area contributed by atoms with Gasteiger partial charge in [0.2, 0.25) is 15.9 Å². The molecule has 0 aromatic heterocycles. The SMILES string of the molecule is CC(=O)NCCNS(=O)(=O)CCOc1ccccc1N. The summed E-state index contributed by atoms with van der Waals surface area (Å²) in [6.07, 6.45) is 0. The Balaban J connectivity index is 2.29. The molecular weight excluding hydrogens is 282 g/mol. The summed E-state index contributed by atoms with van der Waals surface area (Å²) < 4.78 is 30.9. The number of carbonyl (C=O) groups is 1. The van der Waals surface area contributed by atoms with Crippen molar-refractivity contribution in [2.24, 2.45) is 0 Å². The third-order valence-electron chi connectivity index (χ3n) is 2.35. The fourth-order valence-electron chi connectivity index (χ4n) is 1.39. The van der Waals surface area contributed by atoms with Crippen molar-refractivity contribution >= 4 is 21.6 Å². The summed E-state index contributed by atoms with van der Waals surface area (Å²) in [4.78, 5) is 10.6. The van der Waals surface area contributed by atoms with Gasteiger partial charge < -0.3 is 15.8 Å². The first-order chi connectivity index (χ1) is 9.41. The summed E-state index contributed by atoms with van der Waals surface area (Å²) in [5.41, 5.74) is 6.13. The van der Waals surface area contributed by atoms with E-state index in [4.69, 9.17) is 10.5 Å². The molecule has 0 spiro atoms. The van der Waals surface area contributed by atoms with Crippen LogP contribution in [0.2, 0.25) is 0 Å². The van der Waals surface area contributed by atoms with Crippen LogP contribution in [0.25, 0.3) is 0 Å². The molecule has 0 saturated heterocycles. The molecule has 1 amide bonds. The van der Waals surface area contributed by atoms with Crippen LogP contribution in [0, 0.1) is 0 Å². The maximum atomic E-state index is 11.6. The number of benzene rings is 1. The van der Waals surface area contributed by atoms with E-state index >= 15 is 0 Å². The highest BCUT2D eigenvalue weighted by molar-refractivity contribution is 7.89. The van der Waals surface area contributed by atoms with E-state index in [0.29, 0.717) is 11.4 Å². The fraction of sp³-hybridized carbons (Fsp3) is 0.417. The van der Waals surface area contributed by atoms with Crippen LogP contribution in [0.1, 0.15) is 6.92 Å². The number of nitrogens with one attached hydrogen (secondary N) is 2. The number of rotatable bonds is 8. The van der Waals surface area contributed by atoms with E-state index in [9.17, 15) is 13.2 Å². The molecule has 112 valence electrons. The average Bonchev–Trinajstić information content (AvgIpc) is 2.37. The second-order valence-corrected chi connectivity index (χ2v) is 6.01. The molecule has 0 atom stereocenters. The van der Waals surface area contributed by atoms with Gasteiger partial charge in [-0.05, 0) is 12.1 Å². The number of amides is 1. The molecular formula is C12H19N3O4S. The third kappa shape index (κ3) is 6.39. The minimum atomic E-state index is -3.43. The van der Waals surface area contributed by atoms with Gasteiger partial charge in [0.25, 0.3) is 0 Å². The van der Waals surface area contributed by atoms with E-state index in [1.165, 1.54) is 6.92 Å². The standard InChI is InChI=1S/C12H19N3O4S/c1-10(16)14-6-7-15-20(17,18)9-8-19-12-5-3-2-4-11(12)13/h2-5,15H,6-9,13H2,1H3,(H,14,16). The van der Waals surface area contributed by atoms with E-state index in [0.717, 1.165) is 0 Å². The highest BCUT2D eigenvalue weighted by atomic mass is 32.2. The first-order valence-corrected chi connectivity index (χ1v) is 7.75. The van der Waals surface area contributed by atoms with Gasteiger partial charge in [0.15, 0.2) is 0 Å². The molecule has 0 aliphatic heterocycles. The van der Waals surface area contributed by atoms with Crippen molar-refractivity contribution < 1.29 is 17.9 Å². The number of anilines is 1. The van der Waals surface area contributed by atoms with Crippen LogP contribution in [0.15, 0.2) is 24.3 Å². The smallest absolute Gasteiger partial charge is 0.216 e. The summed E-state index contributed by atoms with van der Waals surface area (Å²) in [6.45, 7) is 1.77. The van der Waals surface area contributed by atoms with Crippen molar-refractivity contribution in [3.63, 3.8) is 0 Å². The van der Waals surface area contributed by atoms with Crippen molar-refractivity contribution in [3.05, 3.63) is 24.3 Å². The number of hydrogen-bond acceptors (Lipinski definition) is 5. The van der Waals surface area contributed by atoms with Crippen LogP contribution in [0.3, 0.4) is 0 Å². The molecule has 0 saturated carbocycles. The van der Waals surface area contributed by atoms with Crippen molar-refractivity contribution in [2.45, 2.75) is 6.92 Å². The molecule has 0 heterocycles. The number of nitrogen functional groups attached to an aromatic ring is 1. The van der Waals surface area contributed by atoms with E-state index in [2.05, 4.69) is 10.0 Å². The zero-order chi connectivity index (χ0) is 15.0. The van der Waals surface area contributed by atoms with Gasteiger partial charge in [0.1, 0.15) is 12.4 Å². The average molecular weight is 301 g/mol. The lowest BCUT2D eigenvalue weighted by molar-refractivity contribution is -0.118. The Morgan fingerprint density at radius 1 is 1.30 bits per heavy atom. The number of ether oxygens (including phenoxy) is 1. The van der Waals surface area contributed by atoms with Crippen molar-refractivity contribution in [3.8, 4) is 5.75 Å². The van der Waals surface area contributed by atoms with E-state index < -0.39 is 10.0 Å². The number of hydrogen-bond donors (Lipinski definition) is 3. The molecule has 0 unspecified atom stereocenters. The maximum absolute atomic E-state index is 11.6. The van der Waals surface area contributed by atoms with Crippen LogP contribution in [-0.2, 0) is 14.8 Å². The van der Waals surface area contributed by atoms with Gasteiger partial charge in [-0.3, -0.25) is 4.79 Å². The topological polar surface area (TPSA) is 111 Å². The zero-order valence-corrected chi connectivity index (χ0v) is 12.1. The van der Waals surface area contributed by atoms with Gasteiger partial charge in [0.05, 0.1) is 11.4 Å². The Labute approximate surface area is 118 Å². The number of para-hydroxylation sites is 2. The first kappa shape index (κ1) is 16.3. The molecule has 1 rings (SSSR count). The van der Waals surface area contributed by atoms with Crippen LogP contribution < -0.4 is 20.5 Å². The van der Waals surface area contributed by atoms with Crippen LogP contribution in [0.4, 0.5) is 5.69 Å². The molecule has 20 heavy (non-hydrogen) atoms. The molecule has 4 N–H and O–H groups in total. The largest absolute Gasteiger partial charge is 0.490 e. The fourth-order valence-corrected chi connectivity index (χ4v) is 2.25. The van der Waals surface area contributed by atoms with Crippen molar-refractivity contribution in [2.75, 3.05) is 31.2 Å². The maximum Gasteiger partial charge on any atom is 0.216 e. The van der Waals surface area contributed by atoms with Crippen LogP contribution >= 0.6 is 0 Å². The highest BCUT2D eigenvalue weighted by Gasteiger charge is 2.10. The van der Waals surface area contributed by atoms with Crippen LogP contribution in [0.5, 0.6) is 5.75 Å². The van der Waals surface area contributed by atoms with Gasteiger partial charge in [-0.15, -0.1) is 0 Å². The molecule has 1 aromatic rings. The summed E-state index contributed by atoms with van der Waals surface area (Å²) in [6, 6.07) is 6.87. The molecule has 0 bridgehead atoms. The normalized spacial score (nSPS) is 11.1. The number of sulfonamides is 1. The summed E-state index contributed by atoms with van der Waals surface area (Å²) >= 11 is 0. The Morgan fingerprint density at radius 3 is 2.65 bits per heavy atom. The lowest BCUT2D eigenvalue weighted by Gasteiger charge is -2.10. The Bertz CT molecular complexity index is 545. The molecule has 0 fully saturated rings. The number of nitrogens with two attached hydrogens (primary N) is 1. The van der Waals surface area contributed by atoms with Gasteiger partial charge >= 0.3 is 0 Å². The minimum absolute atomic E-state index is 0.00365. The molecule has 0 radical (unpaired) electrons. The van der Waals surface area contributed by atoms with Gasteiger partial charge in [-0.1, -0.05) is 12.1 Å². The Hall–Kier alpha value is -1.80. The molecule has 1 aromatic carbocycles. The van der Waals surface area contributed by atoms with Gasteiger partial charge in [0, 0.05) is 20.0 Å². The molecule has 0 aliphatic carbocycles. The lowest BCUT2D eigenvalue weighted by atomic mass is 10.3. The van der Waals surface area contributed by atoms with Gasteiger partial charge in [-0.2, -0.15) is 0 Å². The second-order valence-electron chi connectivity index (χ2n) is 4.08. The quantitative estimate of drug-likeness (QED) is 0.451. The predicted molar refractivity (Wildman–Crippen MR) is 76.8 cm³/mol. The minimum Gasteiger partial charge on any atom is -0.490 e. The lowest BCUT2D eigenvalue weighted by Crippen LogP contribution is -2.35. The van der Waals surface area contributed by atoms with Gasteiger partial charge in [-0.25, -0.2) is 13.1 Å². The monoisotopic (exact) mass is 301 g/mol. The Kier molecular flexibility index (Phi) is 6.26. The highest BCUT2D eigenvalue weighted by Crippen LogP contribution is 2.19. The molecule has 8 heteroatoms. The first-order valence-electron chi connectivity index (χ1n) is 6.10. The molecule has 0 aliphatic rings. The summed E-state index contributed by atoms with van der Waals surface area (Å²) in [7, 11) is -3.43. The van der Waals surface area contributed by atoms with E-state index in [1.807, 2.05) is 0 Å². The second kappa shape index (κ2) is 7.71. The summed E-state index contributed by atoms with van der Waals surface area (Å²) in [5, 5.41) is 2.49.